The van der Waals surface area contributed by atoms with Gasteiger partial charge in [0, 0.05) is 18.4 Å². The normalized spacial score (nSPS) is 33.0. The molecule has 11 heavy (non-hydrogen) atoms. The van der Waals surface area contributed by atoms with E-state index in [4.69, 9.17) is 10.2 Å². The van der Waals surface area contributed by atoms with Crippen LogP contribution in [0.5, 0.6) is 0 Å². The van der Waals surface area contributed by atoms with Crippen LogP contribution in [-0.4, -0.2) is 52.3 Å². The summed E-state index contributed by atoms with van der Waals surface area (Å²) in [5.74, 6) is 0. The third kappa shape index (κ3) is 2.71. The third-order valence-corrected chi connectivity index (χ3v) is 2.50. The van der Waals surface area contributed by atoms with Crippen LogP contribution in [0.15, 0.2) is 0 Å². The van der Waals surface area contributed by atoms with Gasteiger partial charge in [-0.25, -0.2) is 0 Å². The SMILES string of the molecule is OC1CN(CCCBr)CC1O. The molecule has 0 aromatic rings. The number of halogens is 1. The lowest BCUT2D eigenvalue weighted by molar-refractivity contribution is 0.0572. The lowest BCUT2D eigenvalue weighted by Gasteiger charge is -2.12. The summed E-state index contributed by atoms with van der Waals surface area (Å²) < 4.78 is 0. The second kappa shape index (κ2) is 4.40. The number of nitrogens with zero attached hydrogens (tertiary/aromatic N) is 1. The van der Waals surface area contributed by atoms with E-state index in [1.807, 2.05) is 0 Å². The fourth-order valence-corrected chi connectivity index (χ4v) is 1.56. The van der Waals surface area contributed by atoms with Gasteiger partial charge in [0.15, 0.2) is 0 Å². The van der Waals surface area contributed by atoms with Gasteiger partial charge in [-0.15, -0.1) is 0 Å². The van der Waals surface area contributed by atoms with Crippen LogP contribution in [0.2, 0.25) is 0 Å². The van der Waals surface area contributed by atoms with E-state index in [0.29, 0.717) is 13.1 Å². The van der Waals surface area contributed by atoms with E-state index in [1.54, 1.807) is 0 Å². The number of likely N-dealkylation sites (tertiary alicyclic amines) is 1. The van der Waals surface area contributed by atoms with Crippen LogP contribution in [0.1, 0.15) is 6.42 Å². The Labute approximate surface area is 75.1 Å². The monoisotopic (exact) mass is 223 g/mol. The van der Waals surface area contributed by atoms with Crippen LogP contribution >= 0.6 is 15.9 Å². The van der Waals surface area contributed by atoms with Crippen LogP contribution in [0.25, 0.3) is 0 Å². The van der Waals surface area contributed by atoms with Crippen LogP contribution in [0.4, 0.5) is 0 Å². The molecule has 2 atom stereocenters. The van der Waals surface area contributed by atoms with E-state index in [0.717, 1.165) is 18.3 Å². The van der Waals surface area contributed by atoms with E-state index in [2.05, 4.69) is 20.8 Å². The minimum Gasteiger partial charge on any atom is -0.389 e. The molecule has 4 heteroatoms. The van der Waals surface area contributed by atoms with Crippen molar-refractivity contribution in [2.75, 3.05) is 25.0 Å². The summed E-state index contributed by atoms with van der Waals surface area (Å²) >= 11 is 3.34. The molecule has 1 aliphatic rings. The lowest BCUT2D eigenvalue weighted by atomic mass is 10.3. The number of β-amino-alcohol motifs (C(OH)–C–C–N with tert-alkyl or cyclic N) is 2. The van der Waals surface area contributed by atoms with Crippen LogP contribution in [0, 0.1) is 0 Å². The van der Waals surface area contributed by atoms with Gasteiger partial charge in [0.05, 0.1) is 12.2 Å². The highest BCUT2D eigenvalue weighted by Crippen LogP contribution is 2.09. The first-order valence-electron chi connectivity index (χ1n) is 3.88. The Bertz CT molecular complexity index is 113. The van der Waals surface area contributed by atoms with Crippen molar-refractivity contribution in [1.29, 1.82) is 0 Å². The van der Waals surface area contributed by atoms with Crippen LogP contribution in [0.3, 0.4) is 0 Å². The zero-order valence-electron chi connectivity index (χ0n) is 6.41. The molecule has 1 fully saturated rings. The van der Waals surface area contributed by atoms with E-state index in [9.17, 15) is 0 Å². The average Bonchev–Trinajstić information content (AvgIpc) is 2.28. The smallest absolute Gasteiger partial charge is 0.0938 e. The molecule has 0 amide bonds. The van der Waals surface area contributed by atoms with Gasteiger partial charge in [-0.05, 0) is 13.0 Å². The maximum absolute atomic E-state index is 9.16. The van der Waals surface area contributed by atoms with E-state index >= 15 is 0 Å². The molecule has 3 nitrogen and oxygen atoms in total. The van der Waals surface area contributed by atoms with Gasteiger partial charge in [0.25, 0.3) is 0 Å². The molecule has 0 saturated carbocycles. The molecule has 0 bridgehead atoms. The van der Waals surface area contributed by atoms with Crippen molar-refractivity contribution >= 4 is 15.9 Å². The number of rotatable bonds is 3. The molecule has 1 heterocycles. The van der Waals surface area contributed by atoms with Crippen molar-refractivity contribution in [2.24, 2.45) is 0 Å². The molecule has 0 radical (unpaired) electrons. The van der Waals surface area contributed by atoms with Gasteiger partial charge in [0.2, 0.25) is 0 Å². The Hall–Kier alpha value is 0.360. The third-order valence-electron chi connectivity index (χ3n) is 1.94. The largest absolute Gasteiger partial charge is 0.389 e. The summed E-state index contributed by atoms with van der Waals surface area (Å²) in [6.07, 6.45) is -0.00458. The predicted octanol–water partition coefficient (Wildman–Crippen LogP) is -0.191. The van der Waals surface area contributed by atoms with E-state index in [-0.39, 0.29) is 0 Å². The van der Waals surface area contributed by atoms with Gasteiger partial charge in [-0.2, -0.15) is 0 Å². The van der Waals surface area contributed by atoms with Gasteiger partial charge in [0.1, 0.15) is 0 Å². The maximum Gasteiger partial charge on any atom is 0.0938 e. The molecular formula is C7H14BrNO2. The summed E-state index contributed by atoms with van der Waals surface area (Å²) in [4.78, 5) is 2.08. The second-order valence-corrected chi connectivity index (χ2v) is 3.73. The average molecular weight is 224 g/mol. The van der Waals surface area contributed by atoms with Crippen molar-refractivity contribution in [3.8, 4) is 0 Å². The summed E-state index contributed by atoms with van der Waals surface area (Å²) in [5.41, 5.74) is 0. The molecule has 66 valence electrons. The summed E-state index contributed by atoms with van der Waals surface area (Å²) in [7, 11) is 0. The highest BCUT2D eigenvalue weighted by Gasteiger charge is 2.28. The van der Waals surface area contributed by atoms with Gasteiger partial charge in [-0.1, -0.05) is 15.9 Å². The minimum absolute atomic E-state index is 0.537. The van der Waals surface area contributed by atoms with Crippen LogP contribution < -0.4 is 0 Å². The molecule has 2 N–H and O–H groups in total. The molecule has 1 aliphatic heterocycles. The molecule has 1 saturated heterocycles. The molecule has 0 aromatic carbocycles. The van der Waals surface area contributed by atoms with Crippen molar-refractivity contribution in [1.82, 2.24) is 4.90 Å². The van der Waals surface area contributed by atoms with Crippen molar-refractivity contribution in [3.63, 3.8) is 0 Å². The Balaban J connectivity index is 2.18. The standard InChI is InChI=1S/C7H14BrNO2/c8-2-1-3-9-4-6(10)7(11)5-9/h6-7,10-11H,1-5H2. The zero-order valence-corrected chi connectivity index (χ0v) is 8.00. The summed E-state index contributed by atoms with van der Waals surface area (Å²) in [6.45, 7) is 2.20. The lowest BCUT2D eigenvalue weighted by Crippen LogP contribution is -2.23. The molecule has 0 spiro atoms. The number of aliphatic hydroxyl groups is 2. The van der Waals surface area contributed by atoms with Gasteiger partial charge < -0.3 is 10.2 Å². The molecular weight excluding hydrogens is 210 g/mol. The molecule has 1 rings (SSSR count). The Morgan fingerprint density at radius 2 is 1.82 bits per heavy atom. The number of aliphatic hydroxyl groups excluding tert-OH is 2. The number of alkyl halides is 1. The Morgan fingerprint density at radius 1 is 1.27 bits per heavy atom. The topological polar surface area (TPSA) is 43.7 Å². The first-order chi connectivity index (χ1) is 5.24. The quantitative estimate of drug-likeness (QED) is 0.653. The van der Waals surface area contributed by atoms with Gasteiger partial charge >= 0.3 is 0 Å². The summed E-state index contributed by atoms with van der Waals surface area (Å²) in [6, 6.07) is 0. The van der Waals surface area contributed by atoms with Gasteiger partial charge in [-0.3, -0.25) is 4.90 Å². The fraction of sp³-hybridized carbons (Fsp3) is 1.00. The van der Waals surface area contributed by atoms with Crippen molar-refractivity contribution in [3.05, 3.63) is 0 Å². The highest BCUT2D eigenvalue weighted by atomic mass is 79.9. The minimum atomic E-state index is -0.537. The van der Waals surface area contributed by atoms with Crippen molar-refractivity contribution in [2.45, 2.75) is 18.6 Å². The van der Waals surface area contributed by atoms with E-state index < -0.39 is 12.2 Å². The number of hydrogen-bond acceptors (Lipinski definition) is 3. The molecule has 2 unspecified atom stereocenters. The molecule has 0 aliphatic carbocycles. The summed E-state index contributed by atoms with van der Waals surface area (Å²) in [5, 5.41) is 19.3. The predicted molar refractivity (Wildman–Crippen MR) is 46.9 cm³/mol. The second-order valence-electron chi connectivity index (χ2n) is 2.94. The zero-order chi connectivity index (χ0) is 8.27. The Morgan fingerprint density at radius 3 is 2.27 bits per heavy atom. The highest BCUT2D eigenvalue weighted by molar-refractivity contribution is 9.09. The number of hydrogen-bond donors (Lipinski definition) is 2. The first-order valence-corrected chi connectivity index (χ1v) is 5.00. The Kier molecular flexibility index (Phi) is 3.78. The fourth-order valence-electron chi connectivity index (χ4n) is 1.31. The van der Waals surface area contributed by atoms with E-state index in [1.165, 1.54) is 0 Å². The first kappa shape index (κ1) is 9.45. The molecule has 0 aromatic heterocycles. The van der Waals surface area contributed by atoms with Crippen molar-refractivity contribution < 1.29 is 10.2 Å². The van der Waals surface area contributed by atoms with Crippen LogP contribution in [-0.2, 0) is 0 Å². The maximum atomic E-state index is 9.16.